The first-order valence-corrected chi connectivity index (χ1v) is 9.64. The van der Waals surface area contributed by atoms with Crippen molar-refractivity contribution < 1.29 is 8.42 Å². The molecule has 1 N–H and O–H groups in total. The van der Waals surface area contributed by atoms with Crippen molar-refractivity contribution in [1.82, 2.24) is 9.29 Å². The number of hydrogen-bond acceptors (Lipinski definition) is 4. The Morgan fingerprint density at radius 2 is 1.95 bits per heavy atom. The average Bonchev–Trinajstić information content (AvgIpc) is 2.48. The van der Waals surface area contributed by atoms with E-state index in [1.807, 2.05) is 38.1 Å². The van der Waals surface area contributed by atoms with Crippen LogP contribution >= 0.6 is 15.9 Å². The number of nitrogens with zero attached hydrogens (tertiary/aromatic N) is 2. The van der Waals surface area contributed by atoms with Crippen molar-refractivity contribution in [1.29, 1.82) is 0 Å². The van der Waals surface area contributed by atoms with Crippen molar-refractivity contribution in [2.75, 3.05) is 30.7 Å². The first-order chi connectivity index (χ1) is 10.5. The van der Waals surface area contributed by atoms with Crippen molar-refractivity contribution in [3.63, 3.8) is 0 Å². The zero-order valence-corrected chi connectivity index (χ0v) is 15.1. The minimum atomic E-state index is -3.21. The van der Waals surface area contributed by atoms with Crippen molar-refractivity contribution in [2.24, 2.45) is 0 Å². The van der Waals surface area contributed by atoms with Gasteiger partial charge in [0.15, 0.2) is 0 Å². The van der Waals surface area contributed by atoms with Gasteiger partial charge in [-0.05, 0) is 24.3 Å². The lowest BCUT2D eigenvalue weighted by atomic mass is 10.2. The number of hydrogen-bond donors (Lipinski definition) is 1. The van der Waals surface area contributed by atoms with E-state index in [1.165, 1.54) is 4.31 Å². The second-order valence-electron chi connectivity index (χ2n) is 4.85. The summed E-state index contributed by atoms with van der Waals surface area (Å²) in [6.07, 6.45) is 1.72. The van der Waals surface area contributed by atoms with Crippen LogP contribution in [-0.4, -0.2) is 43.1 Å². The molecule has 22 heavy (non-hydrogen) atoms. The molecule has 120 valence electrons. The number of halogens is 1. The predicted molar refractivity (Wildman–Crippen MR) is 94.6 cm³/mol. The molecule has 0 fully saturated rings. The zero-order chi connectivity index (χ0) is 16.2. The van der Waals surface area contributed by atoms with E-state index in [9.17, 15) is 8.42 Å². The Balaban J connectivity index is 2.11. The summed E-state index contributed by atoms with van der Waals surface area (Å²) in [5.41, 5.74) is 1.76. The van der Waals surface area contributed by atoms with Gasteiger partial charge in [-0.3, -0.25) is 4.98 Å². The highest BCUT2D eigenvalue weighted by atomic mass is 79.9. The van der Waals surface area contributed by atoms with Gasteiger partial charge in [-0.1, -0.05) is 29.8 Å². The van der Waals surface area contributed by atoms with E-state index in [2.05, 4.69) is 26.2 Å². The van der Waals surface area contributed by atoms with E-state index in [4.69, 9.17) is 0 Å². The predicted octanol–water partition coefficient (Wildman–Crippen LogP) is 3.08. The van der Waals surface area contributed by atoms with Gasteiger partial charge in [-0.2, -0.15) is 0 Å². The molecule has 0 radical (unpaired) electrons. The maximum Gasteiger partial charge on any atom is 0.215 e. The summed E-state index contributed by atoms with van der Waals surface area (Å²) < 4.78 is 26.8. The number of fused-ring (bicyclic) bond motifs is 1. The summed E-state index contributed by atoms with van der Waals surface area (Å²) in [7, 11) is -3.21. The Morgan fingerprint density at radius 3 is 2.64 bits per heavy atom. The van der Waals surface area contributed by atoms with Gasteiger partial charge in [0, 0.05) is 41.4 Å². The number of nitrogens with one attached hydrogen (secondary N) is 1. The number of pyridine rings is 1. The number of sulfonamides is 1. The second-order valence-corrected chi connectivity index (χ2v) is 7.85. The molecule has 0 atom stereocenters. The molecule has 1 aromatic carbocycles. The molecule has 0 aliphatic rings. The van der Waals surface area contributed by atoms with Crippen LogP contribution in [0.1, 0.15) is 13.8 Å². The molecule has 0 amide bonds. The van der Waals surface area contributed by atoms with Crippen LogP contribution < -0.4 is 5.32 Å². The van der Waals surface area contributed by atoms with E-state index < -0.39 is 10.0 Å². The van der Waals surface area contributed by atoms with Crippen molar-refractivity contribution in [2.45, 2.75) is 13.8 Å². The molecule has 5 nitrogen and oxygen atoms in total. The van der Waals surface area contributed by atoms with Gasteiger partial charge >= 0.3 is 0 Å². The summed E-state index contributed by atoms with van der Waals surface area (Å²) in [5, 5.41) is 4.18. The van der Waals surface area contributed by atoms with Crippen LogP contribution in [0.15, 0.2) is 34.9 Å². The van der Waals surface area contributed by atoms with E-state index in [-0.39, 0.29) is 5.75 Å². The highest BCUT2D eigenvalue weighted by Gasteiger charge is 2.18. The summed E-state index contributed by atoms with van der Waals surface area (Å²) in [5.74, 6) is 0.0759. The van der Waals surface area contributed by atoms with Crippen molar-refractivity contribution in [3.8, 4) is 0 Å². The van der Waals surface area contributed by atoms with Gasteiger partial charge in [-0.25, -0.2) is 12.7 Å². The molecule has 7 heteroatoms. The Morgan fingerprint density at radius 1 is 1.23 bits per heavy atom. The highest BCUT2D eigenvalue weighted by Crippen LogP contribution is 2.24. The van der Waals surface area contributed by atoms with Crippen LogP contribution in [0.25, 0.3) is 10.9 Å². The molecule has 1 heterocycles. The average molecular weight is 386 g/mol. The van der Waals surface area contributed by atoms with Gasteiger partial charge < -0.3 is 5.32 Å². The Bertz CT molecular complexity index is 746. The largest absolute Gasteiger partial charge is 0.383 e. The van der Waals surface area contributed by atoms with Gasteiger partial charge in [0.05, 0.1) is 11.3 Å². The second kappa shape index (κ2) is 7.39. The summed E-state index contributed by atoms with van der Waals surface area (Å²) in [4.78, 5) is 4.31. The monoisotopic (exact) mass is 385 g/mol. The Kier molecular flexibility index (Phi) is 5.77. The molecule has 0 aliphatic heterocycles. The molecule has 1 aromatic heterocycles. The van der Waals surface area contributed by atoms with Gasteiger partial charge in [-0.15, -0.1) is 0 Å². The maximum absolute atomic E-state index is 12.2. The minimum absolute atomic E-state index is 0.0759. The minimum Gasteiger partial charge on any atom is -0.383 e. The van der Waals surface area contributed by atoms with Gasteiger partial charge in [0.2, 0.25) is 10.0 Å². The topological polar surface area (TPSA) is 62.3 Å². The quantitative estimate of drug-likeness (QED) is 0.795. The molecule has 0 bridgehead atoms. The van der Waals surface area contributed by atoms with Gasteiger partial charge in [0.1, 0.15) is 0 Å². The number of benzene rings is 1. The lowest BCUT2D eigenvalue weighted by Crippen LogP contribution is -2.34. The molecule has 2 aromatic rings. The number of anilines is 1. The van der Waals surface area contributed by atoms with Crippen LogP contribution in [0.4, 0.5) is 5.69 Å². The van der Waals surface area contributed by atoms with E-state index >= 15 is 0 Å². The summed E-state index contributed by atoms with van der Waals surface area (Å²) in [6.45, 7) is 5.07. The van der Waals surface area contributed by atoms with Crippen molar-refractivity contribution >= 4 is 42.5 Å². The summed E-state index contributed by atoms with van der Waals surface area (Å²) >= 11 is 3.45. The van der Waals surface area contributed by atoms with E-state index in [1.54, 1.807) is 6.20 Å². The molecule has 0 spiro atoms. The lowest BCUT2D eigenvalue weighted by Gasteiger charge is -2.18. The fourth-order valence-electron chi connectivity index (χ4n) is 2.33. The van der Waals surface area contributed by atoms with E-state index in [0.717, 1.165) is 21.1 Å². The fraction of sp³-hybridized carbons (Fsp3) is 0.400. The third-order valence-corrected chi connectivity index (χ3v) is 5.99. The van der Waals surface area contributed by atoms with E-state index in [0.29, 0.717) is 19.6 Å². The maximum atomic E-state index is 12.2. The summed E-state index contributed by atoms with van der Waals surface area (Å²) in [6, 6.07) is 7.70. The third kappa shape index (κ3) is 3.97. The first kappa shape index (κ1) is 17.2. The molecule has 0 unspecified atom stereocenters. The van der Waals surface area contributed by atoms with Crippen LogP contribution in [0.3, 0.4) is 0 Å². The highest BCUT2D eigenvalue weighted by molar-refractivity contribution is 9.10. The standard InChI is InChI=1S/C15H20BrN3O2S/c1-3-19(4-2)22(20,21)10-9-18-15-7-8-17-14-6-5-12(16)11-13(14)15/h5-8,11H,3-4,9-10H2,1-2H3,(H,17,18). The molecule has 0 saturated heterocycles. The Hall–Kier alpha value is -1.18. The number of aromatic nitrogens is 1. The smallest absolute Gasteiger partial charge is 0.215 e. The zero-order valence-electron chi connectivity index (χ0n) is 12.7. The van der Waals surface area contributed by atoms with Crippen LogP contribution in [0.2, 0.25) is 0 Å². The molecular formula is C15H20BrN3O2S. The fourth-order valence-corrected chi connectivity index (χ4v) is 4.10. The van der Waals surface area contributed by atoms with Crippen LogP contribution in [-0.2, 0) is 10.0 Å². The Labute approximate surface area is 139 Å². The third-order valence-electron chi connectivity index (χ3n) is 3.48. The number of rotatable bonds is 7. The normalized spacial score (nSPS) is 12.0. The van der Waals surface area contributed by atoms with Crippen molar-refractivity contribution in [3.05, 3.63) is 34.9 Å². The van der Waals surface area contributed by atoms with Crippen LogP contribution in [0, 0.1) is 0 Å². The molecule has 0 saturated carbocycles. The van der Waals surface area contributed by atoms with Crippen LogP contribution in [0.5, 0.6) is 0 Å². The molecule has 2 rings (SSSR count). The molecule has 0 aliphatic carbocycles. The van der Waals surface area contributed by atoms with Gasteiger partial charge in [0.25, 0.3) is 0 Å². The first-order valence-electron chi connectivity index (χ1n) is 7.24. The molecular weight excluding hydrogens is 366 g/mol. The lowest BCUT2D eigenvalue weighted by molar-refractivity contribution is 0.446. The SMILES string of the molecule is CCN(CC)S(=O)(=O)CCNc1ccnc2ccc(Br)cc12.